The minimum Gasteiger partial charge on any atom is -0.480 e. The normalized spacial score (nSPS) is 29.4. The molecule has 5 heteroatoms. The summed E-state index contributed by atoms with van der Waals surface area (Å²) < 4.78 is 0. The molecule has 0 radical (unpaired) electrons. The lowest BCUT2D eigenvalue weighted by atomic mass is 9.76. The number of nitrogens with one attached hydrogen (secondary N) is 1. The molecule has 2 fully saturated rings. The van der Waals surface area contributed by atoms with Crippen molar-refractivity contribution in [1.82, 2.24) is 10.2 Å². The van der Waals surface area contributed by atoms with Crippen LogP contribution in [0.3, 0.4) is 0 Å². The van der Waals surface area contributed by atoms with E-state index in [-0.39, 0.29) is 12.1 Å². The quantitative estimate of drug-likeness (QED) is 0.613. The number of fused-ring (bicyclic) bond motifs is 1. The molecule has 2 amide bonds. The fraction of sp³-hybridized carbons (Fsp3) is 0.733. The minimum atomic E-state index is -0.882. The molecule has 5 nitrogen and oxygen atoms in total. The van der Waals surface area contributed by atoms with E-state index in [4.69, 9.17) is 0 Å². The summed E-state index contributed by atoms with van der Waals surface area (Å²) in [5.74, 6) is -0.405. The fourth-order valence-electron chi connectivity index (χ4n) is 3.54. The zero-order valence-electron chi connectivity index (χ0n) is 11.9. The Bertz CT molecular complexity index is 383. The highest BCUT2D eigenvalue weighted by molar-refractivity contribution is 5.83. The summed E-state index contributed by atoms with van der Waals surface area (Å²) in [5, 5.41) is 12.2. The van der Waals surface area contributed by atoms with Gasteiger partial charge in [0.1, 0.15) is 6.04 Å². The number of hydrogen-bond donors (Lipinski definition) is 2. The van der Waals surface area contributed by atoms with E-state index in [1.807, 2.05) is 0 Å². The van der Waals surface area contributed by atoms with Gasteiger partial charge in [0.15, 0.2) is 0 Å². The second-order valence-corrected chi connectivity index (χ2v) is 5.76. The molecule has 2 rings (SSSR count). The topological polar surface area (TPSA) is 69.6 Å². The predicted octanol–water partition coefficient (Wildman–Crippen LogP) is 2.38. The number of rotatable bonds is 4. The molecule has 3 atom stereocenters. The smallest absolute Gasteiger partial charge is 0.326 e. The number of aliphatic carboxylic acids is 1. The third-order valence-corrected chi connectivity index (χ3v) is 4.52. The van der Waals surface area contributed by atoms with Crippen molar-refractivity contribution in [3.8, 4) is 0 Å². The number of carbonyl (C=O) groups is 2. The van der Waals surface area contributed by atoms with Crippen LogP contribution in [0.15, 0.2) is 12.7 Å². The molecule has 1 saturated heterocycles. The summed E-state index contributed by atoms with van der Waals surface area (Å²) in [7, 11) is 0. The largest absolute Gasteiger partial charge is 0.480 e. The fourth-order valence-corrected chi connectivity index (χ4v) is 3.54. The van der Waals surface area contributed by atoms with Crippen LogP contribution >= 0.6 is 0 Å². The highest BCUT2D eigenvalue weighted by atomic mass is 16.4. The van der Waals surface area contributed by atoms with Crippen LogP contribution in [0.5, 0.6) is 0 Å². The Morgan fingerprint density at radius 3 is 2.70 bits per heavy atom. The van der Waals surface area contributed by atoms with E-state index in [1.165, 1.54) is 6.42 Å². The molecule has 0 bridgehead atoms. The number of carbonyl (C=O) groups excluding carboxylic acids is 1. The van der Waals surface area contributed by atoms with Crippen molar-refractivity contribution in [2.45, 2.75) is 57.0 Å². The number of piperidine rings is 1. The first kappa shape index (κ1) is 14.9. The molecule has 2 aliphatic rings. The third kappa shape index (κ3) is 3.14. The second-order valence-electron chi connectivity index (χ2n) is 5.76. The van der Waals surface area contributed by atoms with Crippen LogP contribution in [0, 0.1) is 5.92 Å². The van der Waals surface area contributed by atoms with E-state index in [0.717, 1.165) is 25.7 Å². The summed E-state index contributed by atoms with van der Waals surface area (Å²) in [5.41, 5.74) is 0. The van der Waals surface area contributed by atoms with Gasteiger partial charge in [-0.25, -0.2) is 9.59 Å². The lowest BCUT2D eigenvalue weighted by molar-refractivity contribution is -0.145. The highest BCUT2D eigenvalue weighted by Gasteiger charge is 2.43. The Labute approximate surface area is 120 Å². The molecule has 3 unspecified atom stereocenters. The predicted molar refractivity (Wildman–Crippen MR) is 76.5 cm³/mol. The number of carboxylic acids is 1. The third-order valence-electron chi connectivity index (χ3n) is 4.52. The van der Waals surface area contributed by atoms with Gasteiger partial charge in [0.05, 0.1) is 0 Å². The van der Waals surface area contributed by atoms with Gasteiger partial charge >= 0.3 is 12.0 Å². The van der Waals surface area contributed by atoms with Gasteiger partial charge in [0.2, 0.25) is 0 Å². The van der Waals surface area contributed by atoms with Gasteiger partial charge in [-0.2, -0.15) is 0 Å². The summed E-state index contributed by atoms with van der Waals surface area (Å²) in [6.07, 6.45) is 8.29. The molecule has 2 N–H and O–H groups in total. The minimum absolute atomic E-state index is 0.0994. The molecule has 112 valence electrons. The summed E-state index contributed by atoms with van der Waals surface area (Å²) >= 11 is 0. The van der Waals surface area contributed by atoms with E-state index in [0.29, 0.717) is 25.3 Å². The maximum absolute atomic E-state index is 12.4. The van der Waals surface area contributed by atoms with Gasteiger partial charge in [0, 0.05) is 12.6 Å². The molecule has 1 aliphatic heterocycles. The number of amides is 2. The van der Waals surface area contributed by atoms with Gasteiger partial charge in [-0.05, 0) is 38.0 Å². The number of carboxylic acid groups (broad SMARTS) is 1. The van der Waals surface area contributed by atoms with Crippen LogP contribution in [-0.2, 0) is 4.79 Å². The van der Waals surface area contributed by atoms with Crippen molar-refractivity contribution >= 4 is 12.0 Å². The van der Waals surface area contributed by atoms with E-state index in [2.05, 4.69) is 11.9 Å². The van der Waals surface area contributed by atoms with Crippen molar-refractivity contribution in [3.63, 3.8) is 0 Å². The first-order chi connectivity index (χ1) is 9.65. The standard InChI is InChI=1S/C15H24N2O3/c1-2-3-10-16-15(20)17-12-7-5-4-6-11(12)8-9-13(17)14(18)19/h2,11-13H,1,3-10H2,(H,16,20)(H,18,19). The first-order valence-electron chi connectivity index (χ1n) is 7.55. The Balaban J connectivity index is 2.09. The highest BCUT2D eigenvalue weighted by Crippen LogP contribution is 2.37. The monoisotopic (exact) mass is 280 g/mol. The molecule has 1 heterocycles. The van der Waals surface area contributed by atoms with Gasteiger partial charge in [-0.3, -0.25) is 0 Å². The molecule has 0 spiro atoms. The molecule has 1 aliphatic carbocycles. The van der Waals surface area contributed by atoms with E-state index in [9.17, 15) is 14.7 Å². The van der Waals surface area contributed by atoms with Gasteiger partial charge < -0.3 is 15.3 Å². The number of nitrogens with zero attached hydrogens (tertiary/aromatic N) is 1. The first-order valence-corrected chi connectivity index (χ1v) is 7.55. The Kier molecular flexibility index (Phi) is 5.04. The molecule has 0 aromatic carbocycles. The van der Waals surface area contributed by atoms with Crippen molar-refractivity contribution in [1.29, 1.82) is 0 Å². The van der Waals surface area contributed by atoms with Crippen molar-refractivity contribution < 1.29 is 14.7 Å². The van der Waals surface area contributed by atoms with Crippen LogP contribution < -0.4 is 5.32 Å². The van der Waals surface area contributed by atoms with Crippen molar-refractivity contribution in [3.05, 3.63) is 12.7 Å². The van der Waals surface area contributed by atoms with Gasteiger partial charge in [0.25, 0.3) is 0 Å². The van der Waals surface area contributed by atoms with Crippen LogP contribution in [0.25, 0.3) is 0 Å². The molecular weight excluding hydrogens is 256 g/mol. The molecular formula is C15H24N2O3. The number of hydrogen-bond acceptors (Lipinski definition) is 2. The Morgan fingerprint density at radius 1 is 1.25 bits per heavy atom. The van der Waals surface area contributed by atoms with E-state index >= 15 is 0 Å². The van der Waals surface area contributed by atoms with Crippen LogP contribution in [-0.4, -0.2) is 40.6 Å². The van der Waals surface area contributed by atoms with Crippen LogP contribution in [0.4, 0.5) is 4.79 Å². The summed E-state index contributed by atoms with van der Waals surface area (Å²) in [4.78, 5) is 25.4. The molecule has 20 heavy (non-hydrogen) atoms. The van der Waals surface area contributed by atoms with Crippen LogP contribution in [0.1, 0.15) is 44.9 Å². The maximum Gasteiger partial charge on any atom is 0.326 e. The average Bonchev–Trinajstić information content (AvgIpc) is 2.46. The Morgan fingerprint density at radius 2 is 2.00 bits per heavy atom. The lowest BCUT2D eigenvalue weighted by Crippen LogP contribution is -2.60. The molecule has 0 aromatic heterocycles. The van der Waals surface area contributed by atoms with Gasteiger partial charge in [-0.15, -0.1) is 6.58 Å². The Hall–Kier alpha value is -1.52. The lowest BCUT2D eigenvalue weighted by Gasteiger charge is -2.46. The zero-order chi connectivity index (χ0) is 14.5. The van der Waals surface area contributed by atoms with E-state index in [1.54, 1.807) is 11.0 Å². The van der Waals surface area contributed by atoms with E-state index < -0.39 is 12.0 Å². The maximum atomic E-state index is 12.4. The molecule has 0 aromatic rings. The van der Waals surface area contributed by atoms with Crippen molar-refractivity contribution in [2.24, 2.45) is 5.92 Å². The zero-order valence-corrected chi connectivity index (χ0v) is 11.9. The average molecular weight is 280 g/mol. The van der Waals surface area contributed by atoms with Gasteiger partial charge in [-0.1, -0.05) is 18.9 Å². The van der Waals surface area contributed by atoms with Crippen molar-refractivity contribution in [2.75, 3.05) is 6.54 Å². The van der Waals surface area contributed by atoms with Crippen LogP contribution in [0.2, 0.25) is 0 Å². The summed E-state index contributed by atoms with van der Waals surface area (Å²) in [6, 6.07) is -0.795. The SMILES string of the molecule is C=CCCNC(=O)N1C(C(=O)O)CCC2CCCCC21. The molecule has 1 saturated carbocycles. The number of urea groups is 1. The summed E-state index contributed by atoms with van der Waals surface area (Å²) in [6.45, 7) is 4.14. The second kappa shape index (κ2) is 6.77. The number of likely N-dealkylation sites (tertiary alicyclic amines) is 1.